The van der Waals surface area contributed by atoms with Crippen LogP contribution in [0.4, 0.5) is 0 Å². The maximum absolute atomic E-state index is 12.3. The number of hydrogen-bond acceptors (Lipinski definition) is 4. The van der Waals surface area contributed by atoms with Gasteiger partial charge >= 0.3 is 0 Å². The van der Waals surface area contributed by atoms with Gasteiger partial charge in [-0.1, -0.05) is 57.3 Å². The minimum atomic E-state index is -0.247. The second kappa shape index (κ2) is 8.67. The Balaban J connectivity index is 1.47. The van der Waals surface area contributed by atoms with E-state index in [-0.39, 0.29) is 12.3 Å². The van der Waals surface area contributed by atoms with E-state index in [0.717, 1.165) is 26.4 Å². The molecule has 0 unspecified atom stereocenters. The molecular weight excluding hydrogens is 495 g/mol. The highest BCUT2D eigenvalue weighted by molar-refractivity contribution is 9.10. The van der Waals surface area contributed by atoms with Gasteiger partial charge in [-0.25, -0.2) is 10.4 Å². The lowest BCUT2D eigenvalue weighted by Gasteiger charge is -2.02. The van der Waals surface area contributed by atoms with Gasteiger partial charge in [0.15, 0.2) is 4.96 Å². The molecule has 0 spiro atoms. The summed E-state index contributed by atoms with van der Waals surface area (Å²) in [4.78, 5) is 17.8. The number of carbonyl (C=O) groups is 1. The molecule has 0 aliphatic rings. The quantitative estimate of drug-likeness (QED) is 0.273. The maximum Gasteiger partial charge on any atom is 0.246 e. The molecule has 29 heavy (non-hydrogen) atoms. The summed E-state index contributed by atoms with van der Waals surface area (Å²) < 4.78 is 2.94. The van der Waals surface area contributed by atoms with Crippen molar-refractivity contribution in [2.45, 2.75) is 6.42 Å². The van der Waals surface area contributed by atoms with E-state index in [9.17, 15) is 4.79 Å². The molecule has 1 amide bonds. The Morgan fingerprint density at radius 2 is 1.93 bits per heavy atom. The Labute approximate surface area is 189 Å². The number of aromatic nitrogens is 2. The van der Waals surface area contributed by atoms with Crippen molar-refractivity contribution in [3.05, 3.63) is 79.8 Å². The Morgan fingerprint density at radius 3 is 2.66 bits per heavy atom. The molecule has 0 bridgehead atoms. The van der Waals surface area contributed by atoms with Crippen LogP contribution >= 0.6 is 50.5 Å². The van der Waals surface area contributed by atoms with E-state index >= 15 is 0 Å². The molecule has 2 aromatic heterocycles. The minimum Gasteiger partial charge on any atom is -0.294 e. The second-order valence-electron chi connectivity index (χ2n) is 6.12. The van der Waals surface area contributed by atoms with Gasteiger partial charge in [-0.2, -0.15) is 5.10 Å². The molecule has 0 atom stereocenters. The van der Waals surface area contributed by atoms with Crippen molar-refractivity contribution < 1.29 is 4.79 Å². The molecule has 0 aliphatic carbocycles. The Bertz CT molecular complexity index is 1200. The number of hydrazone groups is 1. The molecule has 5 nitrogen and oxygen atoms in total. The van der Waals surface area contributed by atoms with Gasteiger partial charge in [0.2, 0.25) is 5.91 Å². The lowest BCUT2D eigenvalue weighted by atomic mass is 10.2. The number of hydrogen-bond donors (Lipinski definition) is 1. The van der Waals surface area contributed by atoms with Gasteiger partial charge in [-0.3, -0.25) is 9.20 Å². The SMILES string of the molecule is O=C(Cc1csc2nc(-c3ccc(Br)cc3)cn12)N/N=C/c1c(Cl)cccc1Cl. The number of benzene rings is 2. The molecule has 2 aromatic carbocycles. The Hall–Kier alpha value is -2.19. The second-order valence-corrected chi connectivity index (χ2v) is 8.68. The van der Waals surface area contributed by atoms with Crippen molar-refractivity contribution in [1.82, 2.24) is 14.8 Å². The number of halogens is 3. The topological polar surface area (TPSA) is 58.8 Å². The van der Waals surface area contributed by atoms with Crippen LogP contribution in [0.3, 0.4) is 0 Å². The van der Waals surface area contributed by atoms with E-state index in [4.69, 9.17) is 23.2 Å². The summed E-state index contributed by atoms with van der Waals surface area (Å²) in [6, 6.07) is 13.1. The summed E-state index contributed by atoms with van der Waals surface area (Å²) in [6.07, 6.45) is 3.54. The summed E-state index contributed by atoms with van der Waals surface area (Å²) in [5.41, 5.74) is 5.78. The lowest BCUT2D eigenvalue weighted by Crippen LogP contribution is -2.20. The fourth-order valence-electron chi connectivity index (χ4n) is 2.72. The zero-order chi connectivity index (χ0) is 20.4. The van der Waals surface area contributed by atoms with E-state index in [1.54, 1.807) is 18.2 Å². The van der Waals surface area contributed by atoms with Gasteiger partial charge in [0.25, 0.3) is 0 Å². The Kier molecular flexibility index (Phi) is 6.01. The van der Waals surface area contributed by atoms with Gasteiger partial charge in [-0.15, -0.1) is 11.3 Å². The van der Waals surface area contributed by atoms with Crippen molar-refractivity contribution in [1.29, 1.82) is 0 Å². The van der Waals surface area contributed by atoms with Crippen LogP contribution in [0.2, 0.25) is 10.0 Å². The van der Waals surface area contributed by atoms with Crippen LogP contribution < -0.4 is 5.43 Å². The van der Waals surface area contributed by atoms with Gasteiger partial charge in [0.1, 0.15) is 0 Å². The standard InChI is InChI=1S/C20H13BrCl2N4OS/c21-13-6-4-12(5-7-13)18-10-27-14(11-29-20(27)25-18)8-19(28)26-24-9-15-16(22)2-1-3-17(15)23/h1-7,9-11H,8H2,(H,26,28)/b24-9+. The Morgan fingerprint density at radius 1 is 1.21 bits per heavy atom. The van der Waals surface area contributed by atoms with Crippen LogP contribution in [0.25, 0.3) is 16.2 Å². The first-order valence-electron chi connectivity index (χ1n) is 8.48. The van der Waals surface area contributed by atoms with Gasteiger partial charge in [-0.05, 0) is 24.3 Å². The average molecular weight is 508 g/mol. The largest absolute Gasteiger partial charge is 0.294 e. The summed E-state index contributed by atoms with van der Waals surface area (Å²) >= 11 is 17.1. The molecule has 0 radical (unpaired) electrons. The molecule has 0 saturated heterocycles. The van der Waals surface area contributed by atoms with Crippen LogP contribution in [-0.2, 0) is 11.2 Å². The highest BCUT2D eigenvalue weighted by Gasteiger charge is 2.12. The number of fused-ring (bicyclic) bond motifs is 1. The normalized spacial score (nSPS) is 11.4. The van der Waals surface area contributed by atoms with Crippen LogP contribution in [-0.4, -0.2) is 21.5 Å². The molecular formula is C20H13BrCl2N4OS. The van der Waals surface area contributed by atoms with E-state index in [2.05, 4.69) is 31.4 Å². The fourth-order valence-corrected chi connectivity index (χ4v) is 4.36. The number of carbonyl (C=O) groups excluding carboxylic acids is 1. The minimum absolute atomic E-state index is 0.170. The van der Waals surface area contributed by atoms with E-state index in [1.165, 1.54) is 17.6 Å². The highest BCUT2D eigenvalue weighted by atomic mass is 79.9. The number of imidazole rings is 1. The van der Waals surface area contributed by atoms with Crippen molar-refractivity contribution in [2.75, 3.05) is 0 Å². The molecule has 2 heterocycles. The summed E-state index contributed by atoms with van der Waals surface area (Å²) in [5.74, 6) is -0.247. The molecule has 0 saturated carbocycles. The van der Waals surface area contributed by atoms with Gasteiger partial charge in [0, 0.05) is 32.9 Å². The van der Waals surface area contributed by atoms with E-state index in [0.29, 0.717) is 15.6 Å². The van der Waals surface area contributed by atoms with Crippen LogP contribution in [0.15, 0.2) is 63.6 Å². The summed E-state index contributed by atoms with van der Waals surface area (Å²) in [7, 11) is 0. The van der Waals surface area contributed by atoms with Gasteiger partial charge in [0.05, 0.1) is 28.4 Å². The zero-order valence-electron chi connectivity index (χ0n) is 14.8. The van der Waals surface area contributed by atoms with Crippen molar-refractivity contribution in [2.24, 2.45) is 5.10 Å². The first-order chi connectivity index (χ1) is 14.0. The van der Waals surface area contributed by atoms with E-state index < -0.39 is 0 Å². The third kappa shape index (κ3) is 4.53. The fraction of sp³-hybridized carbons (Fsp3) is 0.0500. The number of nitrogens with one attached hydrogen (secondary N) is 1. The maximum atomic E-state index is 12.3. The number of rotatable bonds is 5. The predicted molar refractivity (Wildman–Crippen MR) is 122 cm³/mol. The zero-order valence-corrected chi connectivity index (χ0v) is 18.7. The van der Waals surface area contributed by atoms with Crippen molar-refractivity contribution >= 4 is 67.6 Å². The predicted octanol–water partition coefficient (Wildman–Crippen LogP) is 5.82. The summed E-state index contributed by atoms with van der Waals surface area (Å²) in [6.45, 7) is 0. The van der Waals surface area contributed by atoms with E-state index in [1.807, 2.05) is 40.2 Å². The third-order valence-electron chi connectivity index (χ3n) is 4.15. The molecule has 0 fully saturated rings. The van der Waals surface area contributed by atoms with Gasteiger partial charge < -0.3 is 0 Å². The smallest absolute Gasteiger partial charge is 0.246 e. The molecule has 4 rings (SSSR count). The molecule has 146 valence electrons. The first kappa shape index (κ1) is 20.1. The molecule has 9 heteroatoms. The van der Waals surface area contributed by atoms with Crippen LogP contribution in [0.5, 0.6) is 0 Å². The van der Waals surface area contributed by atoms with Crippen LogP contribution in [0.1, 0.15) is 11.3 Å². The number of thiazole rings is 1. The lowest BCUT2D eigenvalue weighted by molar-refractivity contribution is -0.120. The monoisotopic (exact) mass is 506 g/mol. The molecule has 0 aliphatic heterocycles. The van der Waals surface area contributed by atoms with Crippen molar-refractivity contribution in [3.63, 3.8) is 0 Å². The summed E-state index contributed by atoms with van der Waals surface area (Å²) in [5, 5.41) is 6.82. The molecule has 4 aromatic rings. The first-order valence-corrected chi connectivity index (χ1v) is 10.9. The number of amides is 1. The average Bonchev–Trinajstić information content (AvgIpc) is 3.27. The van der Waals surface area contributed by atoms with Crippen LogP contribution in [0, 0.1) is 0 Å². The van der Waals surface area contributed by atoms with Crippen molar-refractivity contribution in [3.8, 4) is 11.3 Å². The highest BCUT2D eigenvalue weighted by Crippen LogP contribution is 2.25. The third-order valence-corrected chi connectivity index (χ3v) is 6.22. The number of nitrogens with zero attached hydrogens (tertiary/aromatic N) is 3. The molecule has 1 N–H and O–H groups in total.